The predicted octanol–water partition coefficient (Wildman–Crippen LogP) is 4.71. The number of fused-ring (bicyclic) bond motifs is 1. The fraction of sp³-hybridized carbons (Fsp3) is 0.0952. The van der Waals surface area contributed by atoms with Crippen molar-refractivity contribution in [2.24, 2.45) is 0 Å². The Hall–Kier alpha value is -3.26. The summed E-state index contributed by atoms with van der Waals surface area (Å²) < 4.78 is 20.4. The van der Waals surface area contributed by atoms with Gasteiger partial charge in [-0.15, -0.1) is 0 Å². The number of hydrogen-bond acceptors (Lipinski definition) is 5. The predicted molar refractivity (Wildman–Crippen MR) is 112 cm³/mol. The third kappa shape index (κ3) is 3.97. The monoisotopic (exact) mass is 454 g/mol. The van der Waals surface area contributed by atoms with Gasteiger partial charge in [-0.2, -0.15) is 4.39 Å². The third-order valence-corrected chi connectivity index (χ3v) is 4.90. The van der Waals surface area contributed by atoms with E-state index in [9.17, 15) is 9.18 Å². The van der Waals surface area contributed by atoms with Gasteiger partial charge in [0.1, 0.15) is 17.2 Å². The van der Waals surface area contributed by atoms with Gasteiger partial charge in [-0.3, -0.25) is 4.79 Å². The second-order valence-electron chi connectivity index (χ2n) is 6.32. The van der Waals surface area contributed by atoms with Crippen molar-refractivity contribution < 1.29 is 13.9 Å². The lowest BCUT2D eigenvalue weighted by Crippen LogP contribution is -2.08. The Balaban J connectivity index is 1.53. The van der Waals surface area contributed by atoms with E-state index in [0.29, 0.717) is 29.0 Å². The SMILES string of the molecule is COc1ccc(CNc2ccc(C(=O)c3c[nH]c4ncc(Br)cc34)c(F)n2)cc1. The van der Waals surface area contributed by atoms with Crippen LogP contribution in [0, 0.1) is 5.95 Å². The van der Waals surface area contributed by atoms with Gasteiger partial charge in [-0.1, -0.05) is 12.1 Å². The van der Waals surface area contributed by atoms with E-state index in [1.807, 2.05) is 24.3 Å². The molecule has 0 saturated heterocycles. The molecule has 0 spiro atoms. The maximum Gasteiger partial charge on any atom is 0.226 e. The summed E-state index contributed by atoms with van der Waals surface area (Å²) in [7, 11) is 1.61. The molecule has 0 bridgehead atoms. The summed E-state index contributed by atoms with van der Waals surface area (Å²) in [6, 6.07) is 12.3. The topological polar surface area (TPSA) is 79.9 Å². The first kappa shape index (κ1) is 19.1. The highest BCUT2D eigenvalue weighted by molar-refractivity contribution is 9.10. The van der Waals surface area contributed by atoms with Crippen molar-refractivity contribution in [1.82, 2.24) is 15.0 Å². The first-order chi connectivity index (χ1) is 14.0. The van der Waals surface area contributed by atoms with Crippen LogP contribution in [0.1, 0.15) is 21.5 Å². The van der Waals surface area contributed by atoms with Gasteiger partial charge in [-0.25, -0.2) is 9.97 Å². The zero-order chi connectivity index (χ0) is 20.4. The van der Waals surface area contributed by atoms with Crippen molar-refractivity contribution in [3.8, 4) is 5.75 Å². The lowest BCUT2D eigenvalue weighted by Gasteiger charge is -2.08. The van der Waals surface area contributed by atoms with Crippen molar-refractivity contribution in [3.63, 3.8) is 0 Å². The van der Waals surface area contributed by atoms with Crippen LogP contribution < -0.4 is 10.1 Å². The molecule has 0 atom stereocenters. The van der Waals surface area contributed by atoms with Gasteiger partial charge < -0.3 is 15.0 Å². The number of aromatic nitrogens is 3. The number of carbonyl (C=O) groups is 1. The normalized spacial score (nSPS) is 10.9. The Morgan fingerprint density at radius 3 is 2.72 bits per heavy atom. The molecule has 29 heavy (non-hydrogen) atoms. The molecule has 0 saturated carbocycles. The minimum Gasteiger partial charge on any atom is -0.497 e. The molecule has 0 aliphatic rings. The molecule has 0 unspecified atom stereocenters. The van der Waals surface area contributed by atoms with Gasteiger partial charge >= 0.3 is 0 Å². The van der Waals surface area contributed by atoms with Crippen molar-refractivity contribution in [2.75, 3.05) is 12.4 Å². The Kier molecular flexibility index (Phi) is 5.26. The van der Waals surface area contributed by atoms with E-state index in [1.165, 1.54) is 12.3 Å². The Morgan fingerprint density at radius 1 is 1.21 bits per heavy atom. The second kappa shape index (κ2) is 8.00. The summed E-state index contributed by atoms with van der Waals surface area (Å²) in [5.41, 5.74) is 1.79. The molecule has 2 N–H and O–H groups in total. The molecule has 4 rings (SSSR count). The first-order valence-electron chi connectivity index (χ1n) is 8.76. The number of hydrogen-bond donors (Lipinski definition) is 2. The van der Waals surface area contributed by atoms with Crippen LogP contribution in [0.2, 0.25) is 0 Å². The molecule has 8 heteroatoms. The molecule has 1 aromatic carbocycles. The van der Waals surface area contributed by atoms with E-state index >= 15 is 0 Å². The molecule has 0 fully saturated rings. The summed E-state index contributed by atoms with van der Waals surface area (Å²) in [6.45, 7) is 0.464. The first-order valence-corrected chi connectivity index (χ1v) is 9.55. The zero-order valence-corrected chi connectivity index (χ0v) is 17.0. The zero-order valence-electron chi connectivity index (χ0n) is 15.4. The molecule has 0 aliphatic heterocycles. The van der Waals surface area contributed by atoms with E-state index in [1.54, 1.807) is 25.4 Å². The molecule has 3 heterocycles. The van der Waals surface area contributed by atoms with Crippen LogP contribution in [-0.4, -0.2) is 27.8 Å². The van der Waals surface area contributed by atoms with Crippen LogP contribution in [0.15, 0.2) is 59.3 Å². The lowest BCUT2D eigenvalue weighted by molar-refractivity contribution is 0.103. The number of H-pyrrole nitrogens is 1. The molecular formula is C21H16BrFN4O2. The van der Waals surface area contributed by atoms with Gasteiger partial charge in [0.05, 0.1) is 12.7 Å². The standard InChI is InChI=1S/C21H16BrFN4O2/c1-29-14-4-2-12(3-5-14)9-24-18-7-6-15(20(23)27-18)19(28)17-11-26-21-16(17)8-13(22)10-25-21/h2-8,10-11H,9H2,1H3,(H,24,27)(H,25,26). The van der Waals surface area contributed by atoms with Crippen molar-refractivity contribution in [2.45, 2.75) is 6.54 Å². The average molecular weight is 455 g/mol. The largest absolute Gasteiger partial charge is 0.497 e. The lowest BCUT2D eigenvalue weighted by atomic mass is 10.0. The number of pyridine rings is 2. The molecule has 6 nitrogen and oxygen atoms in total. The van der Waals surface area contributed by atoms with Crippen LogP contribution in [-0.2, 0) is 6.54 Å². The Morgan fingerprint density at radius 2 is 2.00 bits per heavy atom. The number of halogens is 2. The minimum absolute atomic E-state index is 0.0964. The van der Waals surface area contributed by atoms with Gasteiger partial charge in [0.2, 0.25) is 5.95 Å². The van der Waals surface area contributed by atoms with E-state index < -0.39 is 11.7 Å². The Labute approximate surface area is 174 Å². The third-order valence-electron chi connectivity index (χ3n) is 4.47. The van der Waals surface area contributed by atoms with Crippen molar-refractivity contribution in [1.29, 1.82) is 0 Å². The number of methoxy groups -OCH3 is 1. The number of rotatable bonds is 6. The van der Waals surface area contributed by atoms with Crippen LogP contribution >= 0.6 is 15.9 Å². The summed E-state index contributed by atoms with van der Waals surface area (Å²) in [5.74, 6) is -0.173. The summed E-state index contributed by atoms with van der Waals surface area (Å²) in [6.07, 6.45) is 3.15. The number of ketones is 1. The summed E-state index contributed by atoms with van der Waals surface area (Å²) in [4.78, 5) is 23.8. The number of carbonyl (C=O) groups excluding carboxylic acids is 1. The molecule has 0 aliphatic carbocycles. The highest BCUT2D eigenvalue weighted by atomic mass is 79.9. The van der Waals surface area contributed by atoms with Crippen LogP contribution in [0.5, 0.6) is 5.75 Å². The summed E-state index contributed by atoms with van der Waals surface area (Å²) >= 11 is 3.34. The molecule has 0 radical (unpaired) electrons. The fourth-order valence-electron chi connectivity index (χ4n) is 2.95. The van der Waals surface area contributed by atoms with E-state index in [-0.39, 0.29) is 5.56 Å². The second-order valence-corrected chi connectivity index (χ2v) is 7.23. The fourth-order valence-corrected chi connectivity index (χ4v) is 3.28. The smallest absolute Gasteiger partial charge is 0.226 e. The van der Waals surface area contributed by atoms with Crippen LogP contribution in [0.4, 0.5) is 10.2 Å². The van der Waals surface area contributed by atoms with Crippen LogP contribution in [0.25, 0.3) is 11.0 Å². The highest BCUT2D eigenvalue weighted by Gasteiger charge is 2.19. The molecule has 4 aromatic rings. The van der Waals surface area contributed by atoms with Crippen molar-refractivity contribution in [3.05, 3.63) is 82.0 Å². The van der Waals surface area contributed by atoms with E-state index in [2.05, 4.69) is 36.2 Å². The molecular weight excluding hydrogens is 439 g/mol. The number of anilines is 1. The number of nitrogens with one attached hydrogen (secondary N) is 2. The number of benzene rings is 1. The van der Waals surface area contributed by atoms with Crippen molar-refractivity contribution >= 4 is 38.6 Å². The van der Waals surface area contributed by atoms with E-state index in [0.717, 1.165) is 15.8 Å². The maximum atomic E-state index is 14.6. The van der Waals surface area contributed by atoms with Gasteiger partial charge in [0.25, 0.3) is 0 Å². The number of ether oxygens (including phenoxy) is 1. The van der Waals surface area contributed by atoms with Gasteiger partial charge in [-0.05, 0) is 51.8 Å². The molecule has 146 valence electrons. The van der Waals surface area contributed by atoms with Gasteiger partial charge in [0.15, 0.2) is 5.78 Å². The van der Waals surface area contributed by atoms with Gasteiger partial charge in [0, 0.05) is 34.4 Å². The molecule has 3 aromatic heterocycles. The van der Waals surface area contributed by atoms with Crippen LogP contribution in [0.3, 0.4) is 0 Å². The number of aromatic amines is 1. The summed E-state index contributed by atoms with van der Waals surface area (Å²) in [5, 5.41) is 3.67. The molecule has 0 amide bonds. The number of nitrogens with zero attached hydrogens (tertiary/aromatic N) is 2. The maximum absolute atomic E-state index is 14.6. The highest BCUT2D eigenvalue weighted by Crippen LogP contribution is 2.24. The Bertz CT molecular complexity index is 1190. The average Bonchev–Trinajstić information content (AvgIpc) is 3.15. The minimum atomic E-state index is -0.827. The quantitative estimate of drug-likeness (QED) is 0.325. The van der Waals surface area contributed by atoms with E-state index in [4.69, 9.17) is 4.74 Å².